The fourth-order valence-corrected chi connectivity index (χ4v) is 1.91. The van der Waals surface area contributed by atoms with Crippen LogP contribution < -0.4 is 14.8 Å². The molecule has 1 aliphatic rings. The number of rotatable bonds is 5. The lowest BCUT2D eigenvalue weighted by atomic mass is 10.2. The normalized spacial score (nSPS) is 14.5. The van der Waals surface area contributed by atoms with Crippen molar-refractivity contribution in [2.24, 2.45) is 0 Å². The number of amides is 1. The third-order valence-corrected chi connectivity index (χ3v) is 2.99. The van der Waals surface area contributed by atoms with Gasteiger partial charge in [-0.3, -0.25) is 4.79 Å². The fourth-order valence-electron chi connectivity index (χ4n) is 1.91. The Hall–Kier alpha value is -2.50. The summed E-state index contributed by atoms with van der Waals surface area (Å²) in [6.45, 7) is 4.86. The maximum atomic E-state index is 11.7. The zero-order valence-electron chi connectivity index (χ0n) is 12.6. The van der Waals surface area contributed by atoms with Crippen LogP contribution in [0.5, 0.6) is 11.5 Å². The number of carbonyl (C=O) groups is 2. The van der Waals surface area contributed by atoms with Gasteiger partial charge in [-0.05, 0) is 37.6 Å². The zero-order chi connectivity index (χ0) is 15.9. The smallest absolute Gasteiger partial charge is 0.331 e. The monoisotopic (exact) mass is 305 g/mol. The first-order valence-electron chi connectivity index (χ1n) is 7.16. The molecule has 1 aliphatic heterocycles. The topological polar surface area (TPSA) is 73.9 Å². The molecule has 0 aliphatic carbocycles. The Labute approximate surface area is 129 Å². The number of hydrogen-bond acceptors (Lipinski definition) is 5. The van der Waals surface area contributed by atoms with Gasteiger partial charge in [0.1, 0.15) is 13.2 Å². The van der Waals surface area contributed by atoms with Crippen molar-refractivity contribution in [3.8, 4) is 11.5 Å². The van der Waals surface area contributed by atoms with E-state index in [1.54, 1.807) is 25.1 Å². The molecule has 0 aromatic heterocycles. The van der Waals surface area contributed by atoms with Gasteiger partial charge in [-0.15, -0.1) is 0 Å². The molecule has 0 radical (unpaired) electrons. The van der Waals surface area contributed by atoms with Gasteiger partial charge in [0, 0.05) is 12.6 Å². The minimum absolute atomic E-state index is 0.316. The first-order valence-corrected chi connectivity index (χ1v) is 7.16. The van der Waals surface area contributed by atoms with E-state index in [1.165, 1.54) is 13.0 Å². The molecule has 1 aromatic carbocycles. The number of hydrogen-bond donors (Lipinski definition) is 1. The van der Waals surface area contributed by atoms with E-state index in [-0.39, 0.29) is 5.91 Å². The van der Waals surface area contributed by atoms with E-state index in [0.29, 0.717) is 31.3 Å². The van der Waals surface area contributed by atoms with Crippen molar-refractivity contribution in [1.29, 1.82) is 0 Å². The molecule has 0 unspecified atom stereocenters. The Balaban J connectivity index is 1.93. The van der Waals surface area contributed by atoms with Gasteiger partial charge in [-0.2, -0.15) is 0 Å². The molecule has 6 nitrogen and oxygen atoms in total. The van der Waals surface area contributed by atoms with Crippen LogP contribution in [-0.4, -0.2) is 37.7 Å². The van der Waals surface area contributed by atoms with Crippen molar-refractivity contribution in [3.63, 3.8) is 0 Å². The second-order valence-electron chi connectivity index (χ2n) is 4.71. The van der Waals surface area contributed by atoms with Crippen molar-refractivity contribution < 1.29 is 23.8 Å². The molecule has 0 bridgehead atoms. The zero-order valence-corrected chi connectivity index (χ0v) is 12.6. The van der Waals surface area contributed by atoms with Gasteiger partial charge in [-0.25, -0.2) is 4.79 Å². The van der Waals surface area contributed by atoms with Crippen molar-refractivity contribution in [2.45, 2.75) is 20.0 Å². The summed E-state index contributed by atoms with van der Waals surface area (Å²) < 4.78 is 15.9. The molecule has 6 heteroatoms. The lowest BCUT2D eigenvalue weighted by Crippen LogP contribution is -2.35. The lowest BCUT2D eigenvalue weighted by Gasteiger charge is -2.18. The second-order valence-corrected chi connectivity index (χ2v) is 4.71. The molecule has 118 valence electrons. The van der Waals surface area contributed by atoms with E-state index in [4.69, 9.17) is 14.2 Å². The first kappa shape index (κ1) is 15.9. The highest BCUT2D eigenvalue weighted by molar-refractivity contribution is 5.90. The van der Waals surface area contributed by atoms with Crippen molar-refractivity contribution in [1.82, 2.24) is 5.32 Å². The van der Waals surface area contributed by atoms with Crippen molar-refractivity contribution in [3.05, 3.63) is 29.8 Å². The van der Waals surface area contributed by atoms with Crippen LogP contribution in [0.1, 0.15) is 19.4 Å². The van der Waals surface area contributed by atoms with E-state index in [9.17, 15) is 9.59 Å². The van der Waals surface area contributed by atoms with Gasteiger partial charge < -0.3 is 19.5 Å². The number of likely N-dealkylation sites (N-methyl/N-ethyl adjacent to an activating group) is 1. The van der Waals surface area contributed by atoms with Crippen LogP contribution in [0.3, 0.4) is 0 Å². The van der Waals surface area contributed by atoms with Crippen molar-refractivity contribution >= 4 is 18.0 Å². The van der Waals surface area contributed by atoms with Gasteiger partial charge in [0.2, 0.25) is 0 Å². The molecule has 0 saturated carbocycles. The Morgan fingerprint density at radius 1 is 1.32 bits per heavy atom. The van der Waals surface area contributed by atoms with Crippen LogP contribution in [0.2, 0.25) is 0 Å². The largest absolute Gasteiger partial charge is 0.486 e. The average molecular weight is 305 g/mol. The summed E-state index contributed by atoms with van der Waals surface area (Å²) in [6.07, 6.45) is 2.06. The standard InChI is InChI=1S/C16H19NO5/c1-3-17-16(19)11(2)22-15(18)7-5-12-4-6-13-14(10-12)21-9-8-20-13/h4-7,10-11H,3,8-9H2,1-2H3,(H,17,19)/b7-5+/t11-/m0/s1. The molecule has 22 heavy (non-hydrogen) atoms. The molecule has 2 rings (SSSR count). The van der Waals surface area contributed by atoms with Gasteiger partial charge in [-0.1, -0.05) is 6.07 Å². The molecule has 1 amide bonds. The number of ether oxygens (including phenoxy) is 3. The predicted molar refractivity (Wildman–Crippen MR) is 80.7 cm³/mol. The summed E-state index contributed by atoms with van der Waals surface area (Å²) in [4.78, 5) is 23.1. The fraction of sp³-hybridized carbons (Fsp3) is 0.375. The molecule has 1 atom stereocenters. The van der Waals surface area contributed by atoms with Crippen LogP contribution in [0, 0.1) is 0 Å². The first-order chi connectivity index (χ1) is 10.6. The predicted octanol–water partition coefficient (Wildman–Crippen LogP) is 1.54. The van der Waals surface area contributed by atoms with Gasteiger partial charge >= 0.3 is 5.97 Å². The summed E-state index contributed by atoms with van der Waals surface area (Å²) in [5.74, 6) is 0.450. The number of benzene rings is 1. The third kappa shape index (κ3) is 4.25. The highest BCUT2D eigenvalue weighted by Gasteiger charge is 2.15. The van der Waals surface area contributed by atoms with Crippen molar-refractivity contribution in [2.75, 3.05) is 19.8 Å². The Kier molecular flexibility index (Phi) is 5.41. The van der Waals surface area contributed by atoms with Gasteiger partial charge in [0.05, 0.1) is 0 Å². The summed E-state index contributed by atoms with van der Waals surface area (Å²) in [5.41, 5.74) is 0.784. The van der Waals surface area contributed by atoms with E-state index in [2.05, 4.69) is 5.32 Å². The highest BCUT2D eigenvalue weighted by Crippen LogP contribution is 2.31. The molecule has 0 spiro atoms. The average Bonchev–Trinajstić information content (AvgIpc) is 2.53. The van der Waals surface area contributed by atoms with E-state index >= 15 is 0 Å². The second kappa shape index (κ2) is 7.49. The van der Waals surface area contributed by atoms with E-state index < -0.39 is 12.1 Å². The summed E-state index contributed by atoms with van der Waals surface area (Å²) in [5, 5.41) is 2.59. The molecule has 1 aromatic rings. The van der Waals surface area contributed by atoms with Crippen LogP contribution in [0.25, 0.3) is 6.08 Å². The Morgan fingerprint density at radius 2 is 2.05 bits per heavy atom. The van der Waals surface area contributed by atoms with Gasteiger partial charge in [0.25, 0.3) is 5.91 Å². The molecule has 0 saturated heterocycles. The Bertz CT molecular complexity index is 582. The molecule has 0 fully saturated rings. The van der Waals surface area contributed by atoms with Crippen LogP contribution in [0.15, 0.2) is 24.3 Å². The number of nitrogens with one attached hydrogen (secondary N) is 1. The third-order valence-electron chi connectivity index (χ3n) is 2.99. The van der Waals surface area contributed by atoms with Crippen LogP contribution >= 0.6 is 0 Å². The summed E-state index contributed by atoms with van der Waals surface area (Å²) >= 11 is 0. The number of fused-ring (bicyclic) bond motifs is 1. The number of esters is 1. The summed E-state index contributed by atoms with van der Waals surface area (Å²) in [7, 11) is 0. The molecule has 1 heterocycles. The van der Waals surface area contributed by atoms with E-state index in [0.717, 1.165) is 5.56 Å². The molecule has 1 N–H and O–H groups in total. The van der Waals surface area contributed by atoms with E-state index in [1.807, 2.05) is 6.07 Å². The molecular formula is C16H19NO5. The number of carbonyl (C=O) groups excluding carboxylic acids is 2. The highest BCUT2D eigenvalue weighted by atomic mass is 16.6. The van der Waals surface area contributed by atoms with Crippen LogP contribution in [-0.2, 0) is 14.3 Å². The van der Waals surface area contributed by atoms with Gasteiger partial charge in [0.15, 0.2) is 17.6 Å². The molecular weight excluding hydrogens is 286 g/mol. The quantitative estimate of drug-likeness (QED) is 0.660. The minimum Gasteiger partial charge on any atom is -0.486 e. The van der Waals surface area contributed by atoms with Crippen LogP contribution in [0.4, 0.5) is 0 Å². The maximum absolute atomic E-state index is 11.7. The SMILES string of the molecule is CCNC(=O)[C@H](C)OC(=O)/C=C/c1ccc2c(c1)OCCO2. The lowest BCUT2D eigenvalue weighted by molar-refractivity contribution is -0.150. The Morgan fingerprint density at radius 3 is 2.77 bits per heavy atom. The maximum Gasteiger partial charge on any atom is 0.331 e. The summed E-state index contributed by atoms with van der Waals surface area (Å²) in [6, 6.07) is 5.38. The minimum atomic E-state index is -0.822.